The van der Waals surface area contributed by atoms with Gasteiger partial charge in [0, 0.05) is 11.8 Å². The number of nitrogens with zero attached hydrogens (tertiary/aromatic N) is 4. The first kappa shape index (κ1) is 13.2. The quantitative estimate of drug-likeness (QED) is 0.764. The first-order chi connectivity index (χ1) is 9.06. The Balaban J connectivity index is 2.51. The van der Waals surface area contributed by atoms with E-state index in [1.165, 1.54) is 6.07 Å². The van der Waals surface area contributed by atoms with Gasteiger partial charge in [0.15, 0.2) is 5.92 Å². The molecule has 2 aromatic rings. The first-order valence-corrected chi connectivity index (χ1v) is 6.32. The van der Waals surface area contributed by atoms with Crippen molar-refractivity contribution in [1.82, 2.24) is 14.6 Å². The van der Waals surface area contributed by atoms with Gasteiger partial charge in [-0.15, -0.1) is 0 Å². The van der Waals surface area contributed by atoms with Crippen LogP contribution in [0.1, 0.15) is 23.5 Å². The maximum atomic E-state index is 11.7. The Hall–Kier alpha value is -2.27. The van der Waals surface area contributed by atoms with Gasteiger partial charge in [-0.1, -0.05) is 11.3 Å². The number of esters is 1. The normalized spacial score (nSPS) is 12.1. The highest BCUT2D eigenvalue weighted by molar-refractivity contribution is 7.16. The lowest BCUT2D eigenvalue weighted by Gasteiger charge is -2.03. The molecule has 1 unspecified atom stereocenters. The fraction of sp³-hybridized carbons (Fsp3) is 0.364. The summed E-state index contributed by atoms with van der Waals surface area (Å²) >= 11 is 1.03. The standard InChI is InChI=1S/C11H10N4O3S/c1-3-18-10(17)7(5-12)9-14-15-8(16)4-6(2)13-11(15)19-9/h4,7H,3H2,1-2H3. The number of rotatable bonds is 3. The maximum Gasteiger partial charge on any atom is 0.330 e. The maximum absolute atomic E-state index is 11.7. The lowest BCUT2D eigenvalue weighted by Crippen LogP contribution is -2.17. The van der Waals surface area contributed by atoms with E-state index in [4.69, 9.17) is 10.00 Å². The molecule has 2 rings (SSSR count). The van der Waals surface area contributed by atoms with E-state index in [1.807, 2.05) is 6.07 Å². The Morgan fingerprint density at radius 2 is 2.42 bits per heavy atom. The van der Waals surface area contributed by atoms with E-state index in [2.05, 4.69) is 10.1 Å². The number of fused-ring (bicyclic) bond motifs is 1. The fourth-order valence-electron chi connectivity index (χ4n) is 1.49. The van der Waals surface area contributed by atoms with Crippen molar-refractivity contribution in [2.45, 2.75) is 19.8 Å². The number of carbonyl (C=O) groups is 1. The van der Waals surface area contributed by atoms with Crippen LogP contribution in [0.15, 0.2) is 10.9 Å². The van der Waals surface area contributed by atoms with Gasteiger partial charge in [-0.25, -0.2) is 4.98 Å². The molecule has 0 bridgehead atoms. The first-order valence-electron chi connectivity index (χ1n) is 5.50. The molecular formula is C11H10N4O3S. The molecule has 0 saturated carbocycles. The van der Waals surface area contributed by atoms with E-state index in [0.29, 0.717) is 10.7 Å². The van der Waals surface area contributed by atoms with Gasteiger partial charge in [0.1, 0.15) is 5.01 Å². The smallest absolute Gasteiger partial charge is 0.330 e. The summed E-state index contributed by atoms with van der Waals surface area (Å²) in [4.78, 5) is 27.8. The summed E-state index contributed by atoms with van der Waals surface area (Å²) < 4.78 is 5.88. The number of hydrogen-bond acceptors (Lipinski definition) is 7. The van der Waals surface area contributed by atoms with Crippen molar-refractivity contribution >= 4 is 22.3 Å². The molecule has 8 heteroatoms. The average molecular weight is 278 g/mol. The minimum Gasteiger partial charge on any atom is -0.465 e. The van der Waals surface area contributed by atoms with Gasteiger partial charge in [-0.05, 0) is 13.8 Å². The minimum atomic E-state index is -1.13. The van der Waals surface area contributed by atoms with E-state index >= 15 is 0 Å². The molecule has 2 heterocycles. The topological polar surface area (TPSA) is 97.4 Å². The Morgan fingerprint density at radius 1 is 1.68 bits per heavy atom. The van der Waals surface area contributed by atoms with Crippen molar-refractivity contribution in [2.75, 3.05) is 6.61 Å². The van der Waals surface area contributed by atoms with Crippen molar-refractivity contribution < 1.29 is 9.53 Å². The predicted octanol–water partition coefficient (Wildman–Crippen LogP) is 0.630. The predicted molar refractivity (Wildman–Crippen MR) is 66.9 cm³/mol. The molecule has 0 radical (unpaired) electrons. The fourth-order valence-corrected chi connectivity index (χ4v) is 2.47. The number of aryl methyl sites for hydroxylation is 1. The van der Waals surface area contributed by atoms with E-state index in [9.17, 15) is 9.59 Å². The molecule has 1 atom stereocenters. The van der Waals surface area contributed by atoms with Gasteiger partial charge in [0.2, 0.25) is 4.96 Å². The molecule has 0 aliphatic carbocycles. The third-order valence-electron chi connectivity index (χ3n) is 2.29. The van der Waals surface area contributed by atoms with Crippen LogP contribution in [-0.2, 0) is 9.53 Å². The van der Waals surface area contributed by atoms with Crippen LogP contribution in [0.3, 0.4) is 0 Å². The Morgan fingerprint density at radius 3 is 3.05 bits per heavy atom. The van der Waals surface area contributed by atoms with Crippen LogP contribution in [0, 0.1) is 18.3 Å². The van der Waals surface area contributed by atoms with Gasteiger partial charge in [0.05, 0.1) is 12.7 Å². The van der Waals surface area contributed by atoms with Crippen molar-refractivity contribution in [3.05, 3.63) is 27.1 Å². The number of carbonyl (C=O) groups excluding carboxylic acids is 1. The van der Waals surface area contributed by atoms with Crippen LogP contribution in [-0.4, -0.2) is 27.2 Å². The minimum absolute atomic E-state index is 0.180. The Labute approximate surface area is 112 Å². The second kappa shape index (κ2) is 5.16. The molecule has 2 aromatic heterocycles. The Bertz CT molecular complexity index is 728. The van der Waals surface area contributed by atoms with Gasteiger partial charge in [-0.3, -0.25) is 9.59 Å². The lowest BCUT2D eigenvalue weighted by molar-refractivity contribution is -0.143. The summed E-state index contributed by atoms with van der Waals surface area (Å²) in [7, 11) is 0. The van der Waals surface area contributed by atoms with Gasteiger partial charge >= 0.3 is 5.97 Å². The van der Waals surface area contributed by atoms with Crippen LogP contribution in [0.4, 0.5) is 0 Å². The molecule has 0 aromatic carbocycles. The molecule has 0 spiro atoms. The second-order valence-corrected chi connectivity index (χ2v) is 4.67. The molecular weight excluding hydrogens is 268 g/mol. The van der Waals surface area contributed by atoms with Gasteiger partial charge < -0.3 is 4.74 Å². The number of hydrogen-bond donors (Lipinski definition) is 0. The molecule has 0 saturated heterocycles. The van der Waals surface area contributed by atoms with Crippen LogP contribution in [0.2, 0.25) is 0 Å². The molecule has 0 aliphatic rings. The molecule has 19 heavy (non-hydrogen) atoms. The SMILES string of the molecule is CCOC(=O)C(C#N)c1nn2c(=O)cc(C)nc2s1. The molecule has 0 amide bonds. The van der Waals surface area contributed by atoms with Gasteiger partial charge in [0.25, 0.3) is 5.56 Å². The number of aromatic nitrogens is 3. The summed E-state index contributed by atoms with van der Waals surface area (Å²) in [5.74, 6) is -1.81. The van der Waals surface area contributed by atoms with E-state index in [1.54, 1.807) is 13.8 Å². The molecule has 0 aliphatic heterocycles. The monoisotopic (exact) mass is 278 g/mol. The zero-order valence-electron chi connectivity index (χ0n) is 10.3. The molecule has 7 nitrogen and oxygen atoms in total. The molecule has 0 fully saturated rings. The third kappa shape index (κ3) is 2.46. The zero-order chi connectivity index (χ0) is 14.0. The summed E-state index contributed by atoms with van der Waals surface area (Å²) in [5.41, 5.74) is 0.218. The van der Waals surface area contributed by atoms with Crippen molar-refractivity contribution in [2.24, 2.45) is 0 Å². The molecule has 0 N–H and O–H groups in total. The van der Waals surface area contributed by atoms with Crippen molar-refractivity contribution in [3.8, 4) is 6.07 Å². The third-order valence-corrected chi connectivity index (χ3v) is 3.26. The lowest BCUT2D eigenvalue weighted by atomic mass is 10.2. The summed E-state index contributed by atoms with van der Waals surface area (Å²) in [6.07, 6.45) is 0. The largest absolute Gasteiger partial charge is 0.465 e. The van der Waals surface area contributed by atoms with Gasteiger partial charge in [-0.2, -0.15) is 14.9 Å². The van der Waals surface area contributed by atoms with Crippen LogP contribution >= 0.6 is 11.3 Å². The van der Waals surface area contributed by atoms with Crippen molar-refractivity contribution in [3.63, 3.8) is 0 Å². The summed E-state index contributed by atoms with van der Waals surface area (Å²) in [6.45, 7) is 3.52. The number of ether oxygens (including phenoxy) is 1. The van der Waals surface area contributed by atoms with E-state index < -0.39 is 11.9 Å². The second-order valence-electron chi connectivity index (χ2n) is 3.68. The van der Waals surface area contributed by atoms with E-state index in [-0.39, 0.29) is 17.2 Å². The van der Waals surface area contributed by atoms with E-state index in [0.717, 1.165) is 15.9 Å². The summed E-state index contributed by atoms with van der Waals surface area (Å²) in [5, 5.41) is 13.2. The Kier molecular flexibility index (Phi) is 3.57. The highest BCUT2D eigenvalue weighted by atomic mass is 32.1. The van der Waals surface area contributed by atoms with Crippen molar-refractivity contribution in [1.29, 1.82) is 5.26 Å². The highest BCUT2D eigenvalue weighted by Crippen LogP contribution is 2.21. The average Bonchev–Trinajstić information content (AvgIpc) is 2.74. The number of nitriles is 1. The molecule has 98 valence electrons. The highest BCUT2D eigenvalue weighted by Gasteiger charge is 2.26. The zero-order valence-corrected chi connectivity index (χ0v) is 11.1. The van der Waals surface area contributed by atoms with Crippen LogP contribution < -0.4 is 5.56 Å². The van der Waals surface area contributed by atoms with Crippen LogP contribution in [0.5, 0.6) is 0 Å². The van der Waals surface area contributed by atoms with Crippen LogP contribution in [0.25, 0.3) is 4.96 Å². The summed E-state index contributed by atoms with van der Waals surface area (Å²) in [6, 6.07) is 3.16.